The van der Waals surface area contributed by atoms with Crippen molar-refractivity contribution < 1.29 is 19.1 Å². The molecule has 0 spiro atoms. The molecule has 27 heavy (non-hydrogen) atoms. The predicted molar refractivity (Wildman–Crippen MR) is 102 cm³/mol. The van der Waals surface area contributed by atoms with Crippen LogP contribution in [0.2, 0.25) is 0 Å². The van der Waals surface area contributed by atoms with E-state index in [2.05, 4.69) is 0 Å². The molecule has 1 amide bonds. The van der Waals surface area contributed by atoms with Crippen LogP contribution in [0.3, 0.4) is 0 Å². The lowest BCUT2D eigenvalue weighted by Crippen LogP contribution is -2.47. The van der Waals surface area contributed by atoms with Crippen LogP contribution in [0.5, 0.6) is 0 Å². The van der Waals surface area contributed by atoms with Crippen LogP contribution in [0.4, 0.5) is 0 Å². The number of carbonyl (C=O) groups is 3. The topological polar surface area (TPSA) is 63.7 Å². The summed E-state index contributed by atoms with van der Waals surface area (Å²) in [6.45, 7) is -0.315. The van der Waals surface area contributed by atoms with E-state index in [1.165, 1.54) is 0 Å². The van der Waals surface area contributed by atoms with Gasteiger partial charge < -0.3 is 9.64 Å². The second kappa shape index (κ2) is 7.19. The summed E-state index contributed by atoms with van der Waals surface area (Å²) < 4.78 is 5.28. The number of benzene rings is 2. The van der Waals surface area contributed by atoms with Gasteiger partial charge in [0, 0.05) is 17.7 Å². The Labute approximate surface area is 161 Å². The summed E-state index contributed by atoms with van der Waals surface area (Å²) in [5, 5.41) is 0. The molecule has 2 atom stereocenters. The zero-order valence-electron chi connectivity index (χ0n) is 14.7. The van der Waals surface area contributed by atoms with E-state index >= 15 is 0 Å². The third-order valence-corrected chi connectivity index (χ3v) is 6.66. The highest BCUT2D eigenvalue weighted by atomic mass is 32.2. The molecule has 0 aromatic heterocycles. The average Bonchev–Trinajstić information content (AvgIpc) is 3.26. The van der Waals surface area contributed by atoms with Crippen LogP contribution >= 0.6 is 11.8 Å². The Hall–Kier alpha value is -2.60. The Bertz CT molecular complexity index is 870. The molecule has 0 bridgehead atoms. The van der Waals surface area contributed by atoms with Crippen molar-refractivity contribution in [3.8, 4) is 0 Å². The first-order valence-electron chi connectivity index (χ1n) is 8.88. The van der Waals surface area contributed by atoms with Gasteiger partial charge in [-0.1, -0.05) is 60.7 Å². The quantitative estimate of drug-likeness (QED) is 0.588. The number of Topliss-reactive ketones (excluding diaryl/α,β-unsaturated/α-hetero) is 1. The van der Waals surface area contributed by atoms with Gasteiger partial charge >= 0.3 is 5.97 Å². The third kappa shape index (κ3) is 3.14. The minimum atomic E-state index is -0.659. The fraction of sp³-hybridized carbons (Fsp3) is 0.286. The predicted octanol–water partition coefficient (Wildman–Crippen LogP) is 3.00. The number of hydrogen-bond donors (Lipinski definition) is 0. The minimum Gasteiger partial charge on any atom is -0.456 e. The van der Waals surface area contributed by atoms with Crippen LogP contribution in [0.1, 0.15) is 28.8 Å². The molecule has 2 aliphatic heterocycles. The molecule has 2 aromatic rings. The van der Waals surface area contributed by atoms with Crippen molar-refractivity contribution in [3.63, 3.8) is 0 Å². The molecule has 2 aromatic carbocycles. The van der Waals surface area contributed by atoms with E-state index in [9.17, 15) is 14.4 Å². The molecule has 0 radical (unpaired) electrons. The van der Waals surface area contributed by atoms with Crippen LogP contribution < -0.4 is 0 Å². The standard InChI is InChI=1S/C21H19NO4S/c23-18(15-7-3-1-4-8-15)13-26-20(25)17-14-27-21(12-11-19(24)22(17)21)16-9-5-2-6-10-16/h1-10,17H,11-14H2/t17-,21+/m0/s1. The molecule has 0 aliphatic carbocycles. The summed E-state index contributed by atoms with van der Waals surface area (Å²) >= 11 is 1.60. The van der Waals surface area contributed by atoms with Crippen LogP contribution in [-0.4, -0.2) is 41.0 Å². The summed E-state index contributed by atoms with van der Waals surface area (Å²) in [6, 6.07) is 17.9. The smallest absolute Gasteiger partial charge is 0.330 e. The lowest BCUT2D eigenvalue weighted by Gasteiger charge is -2.33. The lowest BCUT2D eigenvalue weighted by molar-refractivity contribution is -0.152. The van der Waals surface area contributed by atoms with Crippen molar-refractivity contribution in [2.45, 2.75) is 23.8 Å². The monoisotopic (exact) mass is 381 g/mol. The maximum Gasteiger partial charge on any atom is 0.330 e. The van der Waals surface area contributed by atoms with Crippen molar-refractivity contribution in [1.29, 1.82) is 0 Å². The Morgan fingerprint density at radius 1 is 1.07 bits per heavy atom. The molecule has 2 saturated heterocycles. The Balaban J connectivity index is 1.49. The number of nitrogens with zero attached hydrogens (tertiary/aromatic N) is 1. The van der Waals surface area contributed by atoms with Gasteiger partial charge in [-0.25, -0.2) is 4.79 Å². The summed E-state index contributed by atoms with van der Waals surface area (Å²) in [4.78, 5) is 38.5. The van der Waals surface area contributed by atoms with Gasteiger partial charge in [-0.15, -0.1) is 11.8 Å². The van der Waals surface area contributed by atoms with Crippen LogP contribution in [0.25, 0.3) is 0 Å². The van der Waals surface area contributed by atoms with Gasteiger partial charge in [0.1, 0.15) is 10.9 Å². The van der Waals surface area contributed by atoms with Gasteiger partial charge in [-0.05, 0) is 12.0 Å². The number of ketones is 1. The number of carbonyl (C=O) groups excluding carboxylic acids is 3. The Morgan fingerprint density at radius 3 is 2.44 bits per heavy atom. The first-order valence-corrected chi connectivity index (χ1v) is 9.87. The molecule has 2 fully saturated rings. The zero-order valence-corrected chi connectivity index (χ0v) is 15.5. The lowest BCUT2D eigenvalue weighted by atomic mass is 10.0. The van der Waals surface area contributed by atoms with Crippen molar-refractivity contribution in [2.24, 2.45) is 0 Å². The second-order valence-electron chi connectivity index (χ2n) is 6.64. The van der Waals surface area contributed by atoms with E-state index in [0.29, 0.717) is 24.2 Å². The molecule has 0 N–H and O–H groups in total. The van der Waals surface area contributed by atoms with Crippen molar-refractivity contribution in [2.75, 3.05) is 12.4 Å². The molecular formula is C21H19NO4S. The highest BCUT2D eigenvalue weighted by molar-refractivity contribution is 8.00. The second-order valence-corrected chi connectivity index (χ2v) is 7.94. The molecule has 2 heterocycles. The van der Waals surface area contributed by atoms with Gasteiger partial charge in [-0.2, -0.15) is 0 Å². The molecule has 138 valence electrons. The van der Waals surface area contributed by atoms with E-state index in [0.717, 1.165) is 5.56 Å². The fourth-order valence-electron chi connectivity index (χ4n) is 3.76. The molecule has 0 unspecified atom stereocenters. The average molecular weight is 381 g/mol. The number of fused-ring (bicyclic) bond motifs is 1. The molecule has 2 aliphatic rings. The molecule has 6 heteroatoms. The normalized spacial score (nSPS) is 23.9. The van der Waals surface area contributed by atoms with E-state index < -0.39 is 16.9 Å². The summed E-state index contributed by atoms with van der Waals surface area (Å²) in [7, 11) is 0. The number of hydrogen-bond acceptors (Lipinski definition) is 5. The van der Waals surface area contributed by atoms with E-state index in [-0.39, 0.29) is 18.3 Å². The van der Waals surface area contributed by atoms with Crippen molar-refractivity contribution in [3.05, 3.63) is 71.8 Å². The van der Waals surface area contributed by atoms with E-state index in [4.69, 9.17) is 4.74 Å². The number of ether oxygens (including phenoxy) is 1. The van der Waals surface area contributed by atoms with Gasteiger partial charge in [0.05, 0.1) is 0 Å². The first kappa shape index (κ1) is 17.8. The van der Waals surface area contributed by atoms with Gasteiger partial charge in [0.15, 0.2) is 12.4 Å². The highest BCUT2D eigenvalue weighted by Gasteiger charge is 2.57. The number of thioether (sulfide) groups is 1. The van der Waals surface area contributed by atoms with Crippen LogP contribution in [0.15, 0.2) is 60.7 Å². The van der Waals surface area contributed by atoms with Crippen molar-refractivity contribution >= 4 is 29.4 Å². The van der Waals surface area contributed by atoms with Gasteiger partial charge in [0.2, 0.25) is 5.91 Å². The fourth-order valence-corrected chi connectivity index (χ4v) is 5.39. The Morgan fingerprint density at radius 2 is 1.74 bits per heavy atom. The summed E-state index contributed by atoms with van der Waals surface area (Å²) in [5.74, 6) is -0.337. The summed E-state index contributed by atoms with van der Waals surface area (Å²) in [5.41, 5.74) is 1.53. The maximum atomic E-state index is 12.7. The Kier molecular flexibility index (Phi) is 4.74. The minimum absolute atomic E-state index is 0.0415. The number of amides is 1. The largest absolute Gasteiger partial charge is 0.456 e. The van der Waals surface area contributed by atoms with Crippen molar-refractivity contribution in [1.82, 2.24) is 4.90 Å². The third-order valence-electron chi connectivity index (χ3n) is 5.07. The van der Waals surface area contributed by atoms with Gasteiger partial charge in [-0.3, -0.25) is 9.59 Å². The van der Waals surface area contributed by atoms with E-state index in [1.807, 2.05) is 36.4 Å². The van der Waals surface area contributed by atoms with Gasteiger partial charge in [0.25, 0.3) is 0 Å². The molecule has 5 nitrogen and oxygen atoms in total. The molecule has 0 saturated carbocycles. The number of esters is 1. The first-order chi connectivity index (χ1) is 13.1. The van der Waals surface area contributed by atoms with Crippen LogP contribution in [0, 0.1) is 0 Å². The zero-order chi connectivity index (χ0) is 18.9. The highest BCUT2D eigenvalue weighted by Crippen LogP contribution is 2.54. The number of rotatable bonds is 5. The maximum absolute atomic E-state index is 12.7. The van der Waals surface area contributed by atoms with Crippen LogP contribution in [-0.2, 0) is 19.2 Å². The SMILES string of the molecule is O=C(COC(=O)[C@@H]1CS[C@@]2(c3ccccc3)CCC(=O)N12)c1ccccc1. The molecular weight excluding hydrogens is 362 g/mol. The van der Waals surface area contributed by atoms with E-state index in [1.54, 1.807) is 40.9 Å². The summed E-state index contributed by atoms with van der Waals surface area (Å²) in [6.07, 6.45) is 1.09. The molecule has 4 rings (SSSR count).